The van der Waals surface area contributed by atoms with Crippen LogP contribution in [-0.2, 0) is 6.54 Å². The molecule has 0 aliphatic heterocycles. The van der Waals surface area contributed by atoms with E-state index in [2.05, 4.69) is 18.4 Å². The van der Waals surface area contributed by atoms with E-state index in [9.17, 15) is 0 Å². The van der Waals surface area contributed by atoms with Crippen LogP contribution in [0.1, 0.15) is 11.1 Å². The van der Waals surface area contributed by atoms with Gasteiger partial charge in [-0.25, -0.2) is 0 Å². The van der Waals surface area contributed by atoms with Crippen LogP contribution in [0.5, 0.6) is 0 Å². The average Bonchev–Trinajstić information content (AvgIpc) is 2.07. The number of nitriles is 1. The van der Waals surface area contributed by atoms with Crippen molar-refractivity contribution in [1.82, 2.24) is 5.32 Å². The van der Waals surface area contributed by atoms with E-state index >= 15 is 0 Å². The molecule has 0 aliphatic rings. The molecule has 0 amide bonds. The number of benzene rings is 1. The Morgan fingerprint density at radius 3 is 2.45 bits per heavy atom. The van der Waals surface area contributed by atoms with Crippen LogP contribution in [0.2, 0.25) is 0 Å². The lowest BCUT2D eigenvalue weighted by Gasteiger charge is -1.97. The molecule has 2 heteroatoms. The van der Waals surface area contributed by atoms with E-state index in [0.29, 0.717) is 5.56 Å². The second-order valence-corrected chi connectivity index (χ2v) is 2.24. The topological polar surface area (TPSA) is 35.8 Å². The van der Waals surface area contributed by atoms with Gasteiger partial charge in [0.15, 0.2) is 0 Å². The predicted octanol–water partition coefficient (Wildman–Crippen LogP) is 1.44. The molecule has 0 atom stereocenters. The molecular weight excluding hydrogens is 136 g/mol. The van der Waals surface area contributed by atoms with Crippen molar-refractivity contribution < 1.29 is 0 Å². The molecule has 2 nitrogen and oxygen atoms in total. The van der Waals surface area contributed by atoms with Crippen molar-refractivity contribution in [1.29, 1.82) is 5.26 Å². The Balaban J connectivity index is 2.76. The quantitative estimate of drug-likeness (QED) is 0.683. The van der Waals surface area contributed by atoms with Crippen molar-refractivity contribution in [3.63, 3.8) is 0 Å². The summed E-state index contributed by atoms with van der Waals surface area (Å²) in [7, 11) is 3.51. The zero-order valence-corrected chi connectivity index (χ0v) is 6.17. The molecule has 55 valence electrons. The van der Waals surface area contributed by atoms with Gasteiger partial charge in [0.05, 0.1) is 11.6 Å². The Morgan fingerprint density at radius 1 is 1.36 bits per heavy atom. The molecule has 1 N–H and O–H groups in total. The van der Waals surface area contributed by atoms with Gasteiger partial charge in [-0.1, -0.05) is 12.1 Å². The maximum atomic E-state index is 8.48. The molecule has 0 aliphatic carbocycles. The van der Waals surface area contributed by atoms with E-state index in [0.717, 1.165) is 12.1 Å². The Hall–Kier alpha value is -1.33. The van der Waals surface area contributed by atoms with Gasteiger partial charge in [0.25, 0.3) is 0 Å². The normalized spacial score (nSPS) is 9.09. The first-order valence-corrected chi connectivity index (χ1v) is 3.36. The van der Waals surface area contributed by atoms with Crippen molar-refractivity contribution in [2.24, 2.45) is 0 Å². The Bertz CT molecular complexity index is 256. The minimum atomic E-state index is 0.692. The average molecular weight is 145 g/mol. The number of hydrogen-bond donors (Lipinski definition) is 1. The summed E-state index contributed by atoms with van der Waals surface area (Å²) in [6.07, 6.45) is 0. The highest BCUT2D eigenvalue weighted by Crippen LogP contribution is 2.02. The number of nitrogens with zero attached hydrogens (tertiary/aromatic N) is 1. The van der Waals surface area contributed by atoms with Gasteiger partial charge in [0.1, 0.15) is 0 Å². The fourth-order valence-electron chi connectivity index (χ4n) is 0.841. The fraction of sp³-hybridized carbons (Fsp3) is 0.111. The molecule has 0 heterocycles. The first-order valence-electron chi connectivity index (χ1n) is 3.36. The summed E-state index contributed by atoms with van der Waals surface area (Å²) in [6, 6.07) is 9.48. The van der Waals surface area contributed by atoms with Gasteiger partial charge in [0.2, 0.25) is 0 Å². The first kappa shape index (κ1) is 7.77. The molecule has 1 rings (SSSR count). The fourth-order valence-corrected chi connectivity index (χ4v) is 0.841. The van der Waals surface area contributed by atoms with Crippen molar-refractivity contribution in [3.05, 3.63) is 42.4 Å². The zero-order chi connectivity index (χ0) is 8.10. The van der Waals surface area contributed by atoms with Crippen LogP contribution >= 0.6 is 0 Å². The number of rotatable bonds is 2. The lowest BCUT2D eigenvalue weighted by molar-refractivity contribution is 0.866. The van der Waals surface area contributed by atoms with E-state index < -0.39 is 0 Å². The number of hydrogen-bond acceptors (Lipinski definition) is 2. The van der Waals surface area contributed by atoms with Gasteiger partial charge in [-0.05, 0) is 17.7 Å². The molecule has 11 heavy (non-hydrogen) atoms. The molecule has 1 aromatic carbocycles. The Kier molecular flexibility index (Phi) is 2.65. The van der Waals surface area contributed by atoms with Gasteiger partial charge < -0.3 is 5.32 Å². The first-order chi connectivity index (χ1) is 5.36. The van der Waals surface area contributed by atoms with E-state index in [1.807, 2.05) is 12.1 Å². The molecule has 0 bridgehead atoms. The smallest absolute Gasteiger partial charge is 0.0991 e. The highest BCUT2D eigenvalue weighted by Gasteiger charge is 1.90. The van der Waals surface area contributed by atoms with Crippen LogP contribution in [0.25, 0.3) is 0 Å². The van der Waals surface area contributed by atoms with E-state index in [1.54, 1.807) is 12.1 Å². The molecule has 1 aromatic rings. The maximum absolute atomic E-state index is 8.48. The molecule has 0 fully saturated rings. The third kappa shape index (κ3) is 2.06. The van der Waals surface area contributed by atoms with Gasteiger partial charge in [-0.2, -0.15) is 5.26 Å². The third-order valence-electron chi connectivity index (χ3n) is 1.41. The van der Waals surface area contributed by atoms with Crippen LogP contribution in [0.4, 0.5) is 0 Å². The van der Waals surface area contributed by atoms with Crippen LogP contribution in [0, 0.1) is 18.4 Å². The van der Waals surface area contributed by atoms with E-state index in [1.165, 1.54) is 0 Å². The van der Waals surface area contributed by atoms with Gasteiger partial charge in [-0.15, -0.1) is 0 Å². The summed E-state index contributed by atoms with van der Waals surface area (Å²) in [5.74, 6) is 0. The standard InChI is InChI=1S/C9H9N2/c1-11-7-9-4-2-8(6-10)3-5-9/h2-5,11H,1,7H2. The van der Waals surface area contributed by atoms with Gasteiger partial charge in [-0.3, -0.25) is 0 Å². The third-order valence-corrected chi connectivity index (χ3v) is 1.41. The van der Waals surface area contributed by atoms with E-state index in [4.69, 9.17) is 5.26 Å². The van der Waals surface area contributed by atoms with Crippen molar-refractivity contribution in [2.45, 2.75) is 6.54 Å². The lowest BCUT2D eigenvalue weighted by atomic mass is 10.1. The molecule has 0 unspecified atom stereocenters. The Labute approximate surface area is 66.5 Å². The summed E-state index contributed by atoms with van der Waals surface area (Å²) in [5, 5.41) is 11.3. The highest BCUT2D eigenvalue weighted by atomic mass is 14.8. The molecule has 0 aromatic heterocycles. The SMILES string of the molecule is [CH2]NCc1ccc(C#N)cc1. The van der Waals surface area contributed by atoms with Crippen LogP contribution in [0.3, 0.4) is 0 Å². The summed E-state index contributed by atoms with van der Waals surface area (Å²) in [6.45, 7) is 0.742. The van der Waals surface area contributed by atoms with Crippen LogP contribution < -0.4 is 5.32 Å². The zero-order valence-electron chi connectivity index (χ0n) is 6.17. The molecule has 1 radical (unpaired) electrons. The summed E-state index contributed by atoms with van der Waals surface area (Å²) < 4.78 is 0. The molecular formula is C9H9N2. The van der Waals surface area contributed by atoms with Crippen molar-refractivity contribution >= 4 is 0 Å². The summed E-state index contributed by atoms with van der Waals surface area (Å²) >= 11 is 0. The van der Waals surface area contributed by atoms with Gasteiger partial charge >= 0.3 is 0 Å². The van der Waals surface area contributed by atoms with E-state index in [-0.39, 0.29) is 0 Å². The predicted molar refractivity (Wildman–Crippen MR) is 43.4 cm³/mol. The lowest BCUT2D eigenvalue weighted by Crippen LogP contribution is -2.01. The Morgan fingerprint density at radius 2 is 2.00 bits per heavy atom. The summed E-state index contributed by atoms with van der Waals surface area (Å²) in [4.78, 5) is 0. The maximum Gasteiger partial charge on any atom is 0.0991 e. The molecule has 0 saturated carbocycles. The van der Waals surface area contributed by atoms with Crippen molar-refractivity contribution in [3.8, 4) is 6.07 Å². The van der Waals surface area contributed by atoms with Gasteiger partial charge in [0, 0.05) is 13.6 Å². The highest BCUT2D eigenvalue weighted by molar-refractivity contribution is 5.31. The van der Waals surface area contributed by atoms with Crippen LogP contribution in [0.15, 0.2) is 24.3 Å². The molecule has 0 saturated heterocycles. The monoisotopic (exact) mass is 145 g/mol. The minimum absolute atomic E-state index is 0.692. The summed E-state index contributed by atoms with van der Waals surface area (Å²) in [5.41, 5.74) is 1.83. The number of nitrogens with one attached hydrogen (secondary N) is 1. The second kappa shape index (κ2) is 3.75. The van der Waals surface area contributed by atoms with Crippen LogP contribution in [-0.4, -0.2) is 0 Å². The minimum Gasteiger partial charge on any atom is -0.311 e. The second-order valence-electron chi connectivity index (χ2n) is 2.24. The van der Waals surface area contributed by atoms with Crippen molar-refractivity contribution in [2.75, 3.05) is 0 Å². The molecule has 0 spiro atoms. The largest absolute Gasteiger partial charge is 0.311 e.